The van der Waals surface area contributed by atoms with E-state index in [1.165, 1.54) is 11.3 Å². The van der Waals surface area contributed by atoms with E-state index in [2.05, 4.69) is 17.6 Å². The molecule has 5 rings (SSSR count). The maximum absolute atomic E-state index is 13.2. The van der Waals surface area contributed by atoms with E-state index < -0.39 is 6.04 Å². The van der Waals surface area contributed by atoms with Gasteiger partial charge in [0.15, 0.2) is 0 Å². The Balaban J connectivity index is 1.13. The minimum absolute atomic E-state index is 0.0162. The molecule has 5 N–H and O–H groups in total. The number of hydrogen-bond acceptors (Lipinski definition) is 6. The van der Waals surface area contributed by atoms with Crippen LogP contribution in [0.15, 0.2) is 66.0 Å². The van der Waals surface area contributed by atoms with Crippen molar-refractivity contribution in [2.24, 2.45) is 11.1 Å². The van der Waals surface area contributed by atoms with Crippen LogP contribution in [0.3, 0.4) is 0 Å². The predicted octanol–water partition coefficient (Wildman–Crippen LogP) is 3.29. The van der Waals surface area contributed by atoms with Crippen LogP contribution in [-0.2, 0) is 16.0 Å². The summed E-state index contributed by atoms with van der Waals surface area (Å²) in [6.45, 7) is 2.34. The van der Waals surface area contributed by atoms with Crippen molar-refractivity contribution in [3.63, 3.8) is 0 Å². The lowest BCUT2D eigenvalue weighted by atomic mass is 10.0. The highest BCUT2D eigenvalue weighted by Crippen LogP contribution is 2.59. The molecule has 0 bridgehead atoms. The molecule has 2 fully saturated rings. The van der Waals surface area contributed by atoms with E-state index in [1.54, 1.807) is 29.2 Å². The number of amidine groups is 1. The third-order valence-corrected chi connectivity index (χ3v) is 8.35. The lowest BCUT2D eigenvalue weighted by Crippen LogP contribution is -2.51. The zero-order chi connectivity index (χ0) is 27.6. The number of nitrogens with one attached hydrogen (secondary N) is 3. The van der Waals surface area contributed by atoms with Crippen LogP contribution in [0, 0.1) is 10.8 Å². The van der Waals surface area contributed by atoms with Crippen LogP contribution in [0.4, 0.5) is 0 Å². The first kappa shape index (κ1) is 26.4. The summed E-state index contributed by atoms with van der Waals surface area (Å²) in [5.41, 5.74) is 6.56. The van der Waals surface area contributed by atoms with Gasteiger partial charge in [-0.05, 0) is 67.1 Å². The van der Waals surface area contributed by atoms with E-state index in [1.807, 2.05) is 41.8 Å². The largest absolute Gasteiger partial charge is 0.457 e. The van der Waals surface area contributed by atoms with E-state index in [0.29, 0.717) is 42.0 Å². The van der Waals surface area contributed by atoms with Gasteiger partial charge in [-0.15, -0.1) is 11.3 Å². The molecule has 0 spiro atoms. The zero-order valence-electron chi connectivity index (χ0n) is 21.6. The van der Waals surface area contributed by atoms with Crippen molar-refractivity contribution < 1.29 is 19.1 Å². The second kappa shape index (κ2) is 10.9. The quantitative estimate of drug-likeness (QED) is 0.229. The van der Waals surface area contributed by atoms with Crippen molar-refractivity contribution in [2.75, 3.05) is 13.1 Å². The first-order valence-corrected chi connectivity index (χ1v) is 13.7. The smallest absolute Gasteiger partial charge is 0.251 e. The maximum Gasteiger partial charge on any atom is 0.251 e. The number of nitrogen functional groups attached to an aromatic ring is 1. The lowest BCUT2D eigenvalue weighted by molar-refractivity contribution is -0.138. The number of ether oxygens (including phenoxy) is 1. The third-order valence-electron chi connectivity index (χ3n) is 7.36. The van der Waals surface area contributed by atoms with E-state index in [4.69, 9.17) is 15.9 Å². The molecular formula is C29H31N5O4S. The van der Waals surface area contributed by atoms with Gasteiger partial charge < -0.3 is 26.0 Å². The van der Waals surface area contributed by atoms with Gasteiger partial charge in [-0.3, -0.25) is 19.8 Å². The number of nitrogens with zero attached hydrogens (tertiary/aromatic N) is 1. The molecule has 2 aromatic carbocycles. The Morgan fingerprint density at radius 2 is 1.77 bits per heavy atom. The first-order chi connectivity index (χ1) is 18.7. The molecule has 1 aromatic heterocycles. The number of nitrogens with two attached hydrogens (primary N) is 1. The van der Waals surface area contributed by atoms with Crippen LogP contribution in [0.2, 0.25) is 0 Å². The van der Waals surface area contributed by atoms with Gasteiger partial charge in [0.05, 0.1) is 6.54 Å². The fourth-order valence-corrected chi connectivity index (χ4v) is 5.98. The fraction of sp³-hybridized carbons (Fsp3) is 0.310. The molecule has 1 saturated carbocycles. The molecular weight excluding hydrogens is 514 g/mol. The highest BCUT2D eigenvalue weighted by atomic mass is 32.1. The van der Waals surface area contributed by atoms with Crippen molar-refractivity contribution in [1.29, 1.82) is 5.41 Å². The SMILES string of the molecule is C[C@@]12C[C@@H]1N(C(=O)CNC(=O)c1ccc(Oc3ccccc3)cc1)[C@H](C(=O)NCCc1cc(C(=N)N)cs1)C2. The number of hydrogen-bond donors (Lipinski definition) is 4. The highest BCUT2D eigenvalue weighted by molar-refractivity contribution is 7.10. The Hall–Kier alpha value is -4.18. The number of fused-ring (bicyclic) bond motifs is 1. The van der Waals surface area contributed by atoms with Gasteiger partial charge in [0.25, 0.3) is 5.91 Å². The van der Waals surface area contributed by atoms with Crippen molar-refractivity contribution in [2.45, 2.75) is 38.3 Å². The van der Waals surface area contributed by atoms with E-state index in [-0.39, 0.29) is 41.6 Å². The molecule has 10 heteroatoms. The van der Waals surface area contributed by atoms with Gasteiger partial charge in [0, 0.05) is 34.0 Å². The molecule has 1 aliphatic carbocycles. The molecule has 1 saturated heterocycles. The van der Waals surface area contributed by atoms with Crippen LogP contribution in [0.5, 0.6) is 11.5 Å². The Kier molecular flexibility index (Phi) is 7.38. The molecule has 2 aliphatic rings. The van der Waals surface area contributed by atoms with Gasteiger partial charge in [-0.2, -0.15) is 0 Å². The summed E-state index contributed by atoms with van der Waals surface area (Å²) < 4.78 is 5.76. The van der Waals surface area contributed by atoms with E-state index in [9.17, 15) is 14.4 Å². The summed E-state index contributed by atoms with van der Waals surface area (Å²) in [6.07, 6.45) is 2.10. The Labute approximate surface area is 230 Å². The Bertz CT molecular complexity index is 1390. The number of carbonyl (C=O) groups excluding carboxylic acids is 3. The molecule has 2 heterocycles. The molecule has 0 unspecified atom stereocenters. The summed E-state index contributed by atoms with van der Waals surface area (Å²) in [7, 11) is 0. The van der Waals surface area contributed by atoms with Gasteiger partial charge in [-0.25, -0.2) is 0 Å². The van der Waals surface area contributed by atoms with Crippen molar-refractivity contribution in [3.8, 4) is 11.5 Å². The minimum atomic E-state index is -0.552. The molecule has 3 atom stereocenters. The maximum atomic E-state index is 13.2. The minimum Gasteiger partial charge on any atom is -0.457 e. The van der Waals surface area contributed by atoms with Gasteiger partial charge in [-0.1, -0.05) is 25.1 Å². The molecule has 9 nitrogen and oxygen atoms in total. The fourth-order valence-electron chi connectivity index (χ4n) is 5.09. The first-order valence-electron chi connectivity index (χ1n) is 12.9. The standard InChI is InChI=1S/C29H31N5O4S/c1-29-14-23(28(37)32-12-11-22-13-19(17-39-22)26(30)31)34(24(29)15-29)25(35)16-33-27(36)18-7-9-21(10-8-18)38-20-5-3-2-4-6-20/h2-10,13,17,23-24H,11-12,14-16H2,1H3,(H3,30,31)(H,32,37)(H,33,36)/t23-,24-,29+/m0/s1. The number of para-hydroxylation sites is 1. The molecule has 0 radical (unpaired) electrons. The summed E-state index contributed by atoms with van der Waals surface area (Å²) in [4.78, 5) is 41.6. The highest BCUT2D eigenvalue weighted by Gasteiger charge is 2.64. The number of rotatable bonds is 10. The predicted molar refractivity (Wildman–Crippen MR) is 149 cm³/mol. The van der Waals surface area contributed by atoms with Gasteiger partial charge in [0.2, 0.25) is 11.8 Å². The summed E-state index contributed by atoms with van der Waals surface area (Å²) in [6, 6.07) is 17.4. The van der Waals surface area contributed by atoms with Crippen LogP contribution < -0.4 is 21.1 Å². The summed E-state index contributed by atoms with van der Waals surface area (Å²) in [5, 5.41) is 15.0. The molecule has 3 amide bonds. The molecule has 202 valence electrons. The molecule has 3 aromatic rings. The topological polar surface area (TPSA) is 138 Å². The van der Waals surface area contributed by atoms with Crippen molar-refractivity contribution >= 4 is 34.9 Å². The number of likely N-dealkylation sites (tertiary alicyclic amines) is 1. The second-order valence-electron chi connectivity index (χ2n) is 10.3. The number of carbonyl (C=O) groups is 3. The Morgan fingerprint density at radius 1 is 1.05 bits per heavy atom. The number of thiophene rings is 1. The second-order valence-corrected chi connectivity index (χ2v) is 11.3. The average Bonchev–Trinajstić information content (AvgIpc) is 3.24. The van der Waals surface area contributed by atoms with Crippen LogP contribution in [-0.4, -0.2) is 53.6 Å². The molecule has 39 heavy (non-hydrogen) atoms. The number of benzene rings is 2. The van der Waals surface area contributed by atoms with Gasteiger partial charge >= 0.3 is 0 Å². The lowest BCUT2D eigenvalue weighted by Gasteiger charge is -2.27. The summed E-state index contributed by atoms with van der Waals surface area (Å²) >= 11 is 1.50. The van der Waals surface area contributed by atoms with Crippen LogP contribution in [0.1, 0.15) is 40.6 Å². The van der Waals surface area contributed by atoms with Crippen LogP contribution in [0.25, 0.3) is 0 Å². The van der Waals surface area contributed by atoms with Crippen molar-refractivity contribution in [1.82, 2.24) is 15.5 Å². The van der Waals surface area contributed by atoms with Gasteiger partial charge in [0.1, 0.15) is 23.4 Å². The van der Waals surface area contributed by atoms with Crippen LogP contribution >= 0.6 is 11.3 Å². The normalized spacial score (nSPS) is 21.1. The number of amides is 3. The third kappa shape index (κ3) is 5.96. The number of piperidine rings is 1. The average molecular weight is 546 g/mol. The Morgan fingerprint density at radius 3 is 2.46 bits per heavy atom. The van der Waals surface area contributed by atoms with E-state index in [0.717, 1.165) is 11.3 Å². The monoisotopic (exact) mass is 545 g/mol. The van der Waals surface area contributed by atoms with Crippen molar-refractivity contribution in [3.05, 3.63) is 82.0 Å². The zero-order valence-corrected chi connectivity index (χ0v) is 22.4. The van der Waals surface area contributed by atoms with E-state index >= 15 is 0 Å². The summed E-state index contributed by atoms with van der Waals surface area (Å²) in [5.74, 6) is 0.518. The molecule has 1 aliphatic heterocycles.